The third kappa shape index (κ3) is 5.80. The third-order valence-corrected chi connectivity index (χ3v) is 5.08. The fourth-order valence-electron chi connectivity index (χ4n) is 2.35. The number of esters is 1. The summed E-state index contributed by atoms with van der Waals surface area (Å²) in [6, 6.07) is 7.93. The van der Waals surface area contributed by atoms with Gasteiger partial charge in [-0.3, -0.25) is 4.79 Å². The molecule has 0 unspecified atom stereocenters. The number of benzene rings is 2. The smallest absolute Gasteiger partial charge is 0.416 e. The van der Waals surface area contributed by atoms with E-state index in [1.54, 1.807) is 6.92 Å². The van der Waals surface area contributed by atoms with Crippen molar-refractivity contribution in [2.75, 3.05) is 11.6 Å². The Balaban J connectivity index is 2.13. The van der Waals surface area contributed by atoms with E-state index in [4.69, 9.17) is 4.74 Å². The molecule has 1 N–H and O–H groups in total. The van der Waals surface area contributed by atoms with E-state index in [2.05, 4.69) is 5.32 Å². The predicted octanol–water partition coefficient (Wildman–Crippen LogP) is 3.60. The Morgan fingerprint density at radius 1 is 1.10 bits per heavy atom. The van der Waals surface area contributed by atoms with E-state index in [0.717, 1.165) is 30.5 Å². The molecule has 0 aliphatic carbocycles. The van der Waals surface area contributed by atoms with Crippen molar-refractivity contribution in [2.24, 2.45) is 0 Å². The van der Waals surface area contributed by atoms with Gasteiger partial charge >= 0.3 is 12.1 Å². The maximum absolute atomic E-state index is 12.8. The number of carbonyl (C=O) groups excluding carboxylic acids is 2. The first-order chi connectivity index (χ1) is 13.3. The first-order valence-corrected chi connectivity index (χ1v) is 10.2. The van der Waals surface area contributed by atoms with Gasteiger partial charge in [-0.2, -0.15) is 13.2 Å². The number of hydrogen-bond acceptors (Lipinski definition) is 5. The minimum absolute atomic E-state index is 0.0355. The van der Waals surface area contributed by atoms with Crippen LogP contribution in [0.1, 0.15) is 28.4 Å². The molecule has 0 saturated carbocycles. The molecule has 6 nitrogen and oxygen atoms in total. The maximum atomic E-state index is 12.8. The Morgan fingerprint density at radius 3 is 2.34 bits per heavy atom. The van der Waals surface area contributed by atoms with E-state index < -0.39 is 39.6 Å². The Bertz CT molecular complexity index is 1050. The van der Waals surface area contributed by atoms with Gasteiger partial charge in [0.25, 0.3) is 5.91 Å². The molecule has 1 amide bonds. The van der Waals surface area contributed by atoms with Crippen molar-refractivity contribution in [3.63, 3.8) is 0 Å². The molecular weight excluding hydrogens is 411 g/mol. The molecule has 0 bridgehead atoms. The minimum atomic E-state index is -4.57. The molecule has 2 aromatic rings. The van der Waals surface area contributed by atoms with Crippen molar-refractivity contribution in [2.45, 2.75) is 31.0 Å². The summed E-state index contributed by atoms with van der Waals surface area (Å²) in [6.07, 6.45) is -4.92. The number of anilines is 1. The lowest BCUT2D eigenvalue weighted by molar-refractivity contribution is -0.137. The van der Waals surface area contributed by atoms with Crippen LogP contribution in [0, 0.1) is 6.92 Å². The van der Waals surface area contributed by atoms with Gasteiger partial charge in [-0.1, -0.05) is 12.1 Å². The highest BCUT2D eigenvalue weighted by Crippen LogP contribution is 2.30. The summed E-state index contributed by atoms with van der Waals surface area (Å²) in [5.74, 6) is -1.77. The molecule has 2 rings (SSSR count). The number of sulfone groups is 1. The lowest BCUT2D eigenvalue weighted by Gasteiger charge is -2.15. The number of hydrogen-bond donors (Lipinski definition) is 1. The predicted molar refractivity (Wildman–Crippen MR) is 99.2 cm³/mol. The summed E-state index contributed by atoms with van der Waals surface area (Å²) >= 11 is 0. The molecule has 0 heterocycles. The molecule has 1 atom stereocenters. The van der Waals surface area contributed by atoms with Crippen molar-refractivity contribution < 1.29 is 35.9 Å². The van der Waals surface area contributed by atoms with Crippen LogP contribution in [0.25, 0.3) is 0 Å². The van der Waals surface area contributed by atoms with Gasteiger partial charge in [0.05, 0.1) is 16.0 Å². The summed E-state index contributed by atoms with van der Waals surface area (Å²) in [6.45, 7) is 2.81. The van der Waals surface area contributed by atoms with E-state index >= 15 is 0 Å². The number of aryl methyl sites for hydroxylation is 1. The van der Waals surface area contributed by atoms with E-state index in [-0.39, 0.29) is 16.1 Å². The average Bonchev–Trinajstić information content (AvgIpc) is 2.60. The second-order valence-electron chi connectivity index (χ2n) is 6.36. The third-order valence-electron chi connectivity index (χ3n) is 3.97. The summed E-state index contributed by atoms with van der Waals surface area (Å²) in [7, 11) is -3.56. The largest absolute Gasteiger partial charge is 0.449 e. The summed E-state index contributed by atoms with van der Waals surface area (Å²) in [5, 5.41) is 2.25. The fraction of sp³-hybridized carbons (Fsp3) is 0.263. The Morgan fingerprint density at radius 2 is 1.76 bits per heavy atom. The van der Waals surface area contributed by atoms with Crippen LogP contribution in [-0.4, -0.2) is 32.7 Å². The fourth-order valence-corrected chi connectivity index (χ4v) is 2.99. The molecule has 0 fully saturated rings. The zero-order valence-electron chi connectivity index (χ0n) is 15.7. The zero-order chi connectivity index (χ0) is 22.0. The van der Waals surface area contributed by atoms with E-state index in [9.17, 15) is 31.2 Å². The molecule has 0 aliphatic rings. The van der Waals surface area contributed by atoms with Crippen molar-refractivity contribution in [3.8, 4) is 0 Å². The van der Waals surface area contributed by atoms with Gasteiger partial charge in [-0.25, -0.2) is 13.2 Å². The van der Waals surface area contributed by atoms with E-state index in [1.165, 1.54) is 25.1 Å². The minimum Gasteiger partial charge on any atom is -0.449 e. The van der Waals surface area contributed by atoms with Crippen LogP contribution in [0.2, 0.25) is 0 Å². The molecule has 10 heteroatoms. The number of nitrogens with one attached hydrogen (secondary N) is 1. The molecule has 29 heavy (non-hydrogen) atoms. The highest BCUT2D eigenvalue weighted by Gasteiger charge is 2.30. The van der Waals surface area contributed by atoms with Gasteiger partial charge < -0.3 is 10.1 Å². The molecule has 0 aromatic heterocycles. The van der Waals surface area contributed by atoms with E-state index in [0.29, 0.717) is 5.56 Å². The summed E-state index contributed by atoms with van der Waals surface area (Å²) < 4.78 is 66.6. The molecule has 0 spiro atoms. The summed E-state index contributed by atoms with van der Waals surface area (Å²) in [5.41, 5.74) is -0.643. The highest BCUT2D eigenvalue weighted by atomic mass is 32.2. The highest BCUT2D eigenvalue weighted by molar-refractivity contribution is 7.90. The molecule has 2 aromatic carbocycles. The Kier molecular flexibility index (Phi) is 6.37. The number of carbonyl (C=O) groups is 2. The van der Waals surface area contributed by atoms with Crippen LogP contribution in [0.3, 0.4) is 0 Å². The van der Waals surface area contributed by atoms with Gasteiger partial charge in [0.15, 0.2) is 15.9 Å². The Hall–Kier alpha value is -2.88. The van der Waals surface area contributed by atoms with E-state index in [1.807, 2.05) is 0 Å². The molecule has 0 radical (unpaired) electrons. The van der Waals surface area contributed by atoms with Gasteiger partial charge in [-0.05, 0) is 49.7 Å². The van der Waals surface area contributed by atoms with Crippen molar-refractivity contribution in [1.82, 2.24) is 0 Å². The van der Waals surface area contributed by atoms with Crippen molar-refractivity contribution in [3.05, 3.63) is 59.2 Å². The van der Waals surface area contributed by atoms with Crippen molar-refractivity contribution in [1.29, 1.82) is 0 Å². The van der Waals surface area contributed by atoms with Gasteiger partial charge in [0.1, 0.15) is 0 Å². The van der Waals surface area contributed by atoms with Gasteiger partial charge in [0.2, 0.25) is 0 Å². The Labute approximate surface area is 165 Å². The maximum Gasteiger partial charge on any atom is 0.416 e. The number of amides is 1. The SMILES string of the molecule is Cc1ccc(S(C)(=O)=O)cc1C(=O)O[C@@H](C)C(=O)Nc1cccc(C(F)(F)F)c1. The van der Waals surface area contributed by atoms with Gasteiger partial charge in [0, 0.05) is 11.9 Å². The molecule has 0 aliphatic heterocycles. The molecular formula is C19H18F3NO5S. The van der Waals surface area contributed by atoms with Crippen LogP contribution in [0.4, 0.5) is 18.9 Å². The molecule has 156 valence electrons. The van der Waals surface area contributed by atoms with Crippen LogP contribution in [0.5, 0.6) is 0 Å². The first-order valence-electron chi connectivity index (χ1n) is 8.29. The van der Waals surface area contributed by atoms with Crippen LogP contribution in [-0.2, 0) is 25.5 Å². The lowest BCUT2D eigenvalue weighted by Crippen LogP contribution is -2.30. The number of rotatable bonds is 5. The summed E-state index contributed by atoms with van der Waals surface area (Å²) in [4.78, 5) is 24.5. The average molecular weight is 429 g/mol. The first kappa shape index (κ1) is 22.4. The van der Waals surface area contributed by atoms with Crippen LogP contribution >= 0.6 is 0 Å². The normalized spacial score (nSPS) is 12.9. The molecule has 0 saturated heterocycles. The topological polar surface area (TPSA) is 89.5 Å². The monoisotopic (exact) mass is 429 g/mol. The number of ether oxygens (including phenoxy) is 1. The quantitative estimate of drug-likeness (QED) is 0.734. The number of halogens is 3. The second-order valence-corrected chi connectivity index (χ2v) is 8.38. The van der Waals surface area contributed by atoms with Crippen LogP contribution < -0.4 is 5.32 Å². The zero-order valence-corrected chi connectivity index (χ0v) is 16.5. The van der Waals surface area contributed by atoms with Crippen molar-refractivity contribution >= 4 is 27.4 Å². The lowest BCUT2D eigenvalue weighted by atomic mass is 10.1. The second kappa shape index (κ2) is 8.24. The van der Waals surface area contributed by atoms with Crippen LogP contribution in [0.15, 0.2) is 47.4 Å². The van der Waals surface area contributed by atoms with Gasteiger partial charge in [-0.15, -0.1) is 0 Å². The standard InChI is InChI=1S/C19H18F3NO5S/c1-11-7-8-15(29(3,26)27)10-16(11)18(25)28-12(2)17(24)23-14-6-4-5-13(9-14)19(20,21)22/h4-10,12H,1-3H3,(H,23,24)/t12-/m0/s1. The number of alkyl halides is 3.